The first-order chi connectivity index (χ1) is 17.3. The molecule has 0 amide bonds. The number of aryl methyl sites for hydroxylation is 1. The molecule has 0 bridgehead atoms. The molecule has 1 aliphatic heterocycles. The summed E-state index contributed by atoms with van der Waals surface area (Å²) < 4.78 is 25.1. The molecule has 0 atom stereocenters. The zero-order valence-corrected chi connectivity index (χ0v) is 21.3. The van der Waals surface area contributed by atoms with E-state index in [2.05, 4.69) is 44.3 Å². The van der Waals surface area contributed by atoms with E-state index in [0.717, 1.165) is 47.2 Å². The van der Waals surface area contributed by atoms with Crippen LogP contribution >= 0.6 is 0 Å². The molecule has 0 spiro atoms. The third-order valence-corrected chi connectivity index (χ3v) is 8.01. The van der Waals surface area contributed by atoms with Crippen molar-refractivity contribution in [3.63, 3.8) is 0 Å². The Bertz CT molecular complexity index is 1450. The molecular formula is C25H30N8O2S. The molecule has 1 fully saturated rings. The summed E-state index contributed by atoms with van der Waals surface area (Å²) in [7, 11) is -2.84. The van der Waals surface area contributed by atoms with Gasteiger partial charge in [0.05, 0.1) is 34.9 Å². The van der Waals surface area contributed by atoms with E-state index >= 15 is 0 Å². The van der Waals surface area contributed by atoms with Crippen LogP contribution < -0.4 is 5.32 Å². The van der Waals surface area contributed by atoms with Crippen molar-refractivity contribution in [2.45, 2.75) is 32.7 Å². The van der Waals surface area contributed by atoms with Crippen LogP contribution in [0.5, 0.6) is 0 Å². The molecule has 1 N–H and O–H groups in total. The Balaban J connectivity index is 1.24. The van der Waals surface area contributed by atoms with E-state index in [1.807, 2.05) is 47.5 Å². The Morgan fingerprint density at radius 1 is 0.972 bits per heavy atom. The molecule has 1 aliphatic rings. The first kappa shape index (κ1) is 24.3. The SMILES string of the molecule is CC(C)c1cnnc(Nc2ccc3ncc(-c4cnn(CCCN5CCS(=O)(=O)CC5)c4)cc3n2)c1. The number of rotatable bonds is 8. The highest BCUT2D eigenvalue weighted by atomic mass is 32.2. The number of aromatic nitrogens is 6. The lowest BCUT2D eigenvalue weighted by atomic mass is 10.1. The maximum atomic E-state index is 11.6. The smallest absolute Gasteiger partial charge is 0.154 e. The van der Waals surface area contributed by atoms with Crippen LogP contribution in [0.3, 0.4) is 0 Å². The lowest BCUT2D eigenvalue weighted by Gasteiger charge is -2.26. The summed E-state index contributed by atoms with van der Waals surface area (Å²) in [5, 5.41) is 16.0. The van der Waals surface area contributed by atoms with Gasteiger partial charge in [0, 0.05) is 43.2 Å². The number of fused-ring (bicyclic) bond motifs is 1. The molecular weight excluding hydrogens is 476 g/mol. The Hall–Kier alpha value is -3.44. The molecule has 0 saturated carbocycles. The molecule has 0 radical (unpaired) electrons. The van der Waals surface area contributed by atoms with Crippen molar-refractivity contribution in [1.82, 2.24) is 34.8 Å². The van der Waals surface area contributed by atoms with Crippen molar-refractivity contribution in [3.05, 3.63) is 54.6 Å². The van der Waals surface area contributed by atoms with Gasteiger partial charge in [-0.3, -0.25) is 9.67 Å². The minimum Gasteiger partial charge on any atom is -0.323 e. The predicted octanol–water partition coefficient (Wildman–Crippen LogP) is 3.27. The molecule has 5 heterocycles. The molecule has 0 unspecified atom stereocenters. The van der Waals surface area contributed by atoms with Crippen LogP contribution in [0, 0.1) is 0 Å². The average Bonchev–Trinajstić information content (AvgIpc) is 3.34. The largest absolute Gasteiger partial charge is 0.323 e. The number of sulfone groups is 1. The van der Waals surface area contributed by atoms with Crippen LogP contribution in [0.2, 0.25) is 0 Å². The van der Waals surface area contributed by atoms with E-state index in [1.54, 1.807) is 6.20 Å². The molecule has 4 aromatic heterocycles. The topological polar surface area (TPSA) is 119 Å². The van der Waals surface area contributed by atoms with Gasteiger partial charge in [0.1, 0.15) is 5.82 Å². The summed E-state index contributed by atoms with van der Waals surface area (Å²) in [6, 6.07) is 7.82. The molecule has 1 saturated heterocycles. The van der Waals surface area contributed by atoms with Gasteiger partial charge in [-0.2, -0.15) is 10.2 Å². The van der Waals surface area contributed by atoms with Crippen molar-refractivity contribution in [2.24, 2.45) is 0 Å². The predicted molar refractivity (Wildman–Crippen MR) is 140 cm³/mol. The van der Waals surface area contributed by atoms with Gasteiger partial charge < -0.3 is 10.2 Å². The lowest BCUT2D eigenvalue weighted by molar-refractivity contribution is 0.284. The van der Waals surface area contributed by atoms with Gasteiger partial charge in [0.2, 0.25) is 0 Å². The van der Waals surface area contributed by atoms with E-state index in [0.29, 0.717) is 30.6 Å². The first-order valence-electron chi connectivity index (χ1n) is 12.2. The molecule has 36 heavy (non-hydrogen) atoms. The first-order valence-corrected chi connectivity index (χ1v) is 14.0. The van der Waals surface area contributed by atoms with Gasteiger partial charge in [-0.15, -0.1) is 5.10 Å². The van der Waals surface area contributed by atoms with E-state index in [9.17, 15) is 8.42 Å². The second-order valence-corrected chi connectivity index (χ2v) is 11.8. The quantitative estimate of drug-likeness (QED) is 0.384. The number of hydrogen-bond acceptors (Lipinski definition) is 9. The Labute approximate surface area is 210 Å². The summed E-state index contributed by atoms with van der Waals surface area (Å²) in [5.74, 6) is 2.22. The fourth-order valence-corrected chi connectivity index (χ4v) is 5.47. The van der Waals surface area contributed by atoms with Crippen molar-refractivity contribution < 1.29 is 8.42 Å². The zero-order chi connectivity index (χ0) is 25.1. The van der Waals surface area contributed by atoms with Gasteiger partial charge >= 0.3 is 0 Å². The minimum absolute atomic E-state index is 0.261. The Morgan fingerprint density at radius 2 is 1.81 bits per heavy atom. The van der Waals surface area contributed by atoms with Gasteiger partial charge in [0.15, 0.2) is 15.7 Å². The second-order valence-electron chi connectivity index (χ2n) is 9.45. The standard InChI is InChI=1S/C25H30N8O2S/c1-18(2)19-13-25(31-27-15-19)30-24-5-4-22-23(29-24)12-20(14-26-22)21-16-28-33(17-21)7-3-6-32-8-10-36(34,35)11-9-32/h4-5,12-18H,3,6-11H2,1-2H3,(H,29,30,31). The molecule has 0 aliphatic carbocycles. The summed E-state index contributed by atoms with van der Waals surface area (Å²) in [4.78, 5) is 11.5. The molecule has 11 heteroatoms. The minimum atomic E-state index is -2.84. The number of anilines is 2. The van der Waals surface area contributed by atoms with Crippen molar-refractivity contribution >= 4 is 32.5 Å². The van der Waals surface area contributed by atoms with Crippen LogP contribution in [-0.2, 0) is 16.4 Å². The fraction of sp³-hybridized carbons (Fsp3) is 0.400. The number of pyridine rings is 2. The fourth-order valence-electron chi connectivity index (χ4n) is 4.19. The summed E-state index contributed by atoms with van der Waals surface area (Å²) in [6.45, 7) is 7.12. The van der Waals surface area contributed by atoms with Gasteiger partial charge in [0.25, 0.3) is 0 Å². The summed E-state index contributed by atoms with van der Waals surface area (Å²) >= 11 is 0. The molecule has 0 aromatic carbocycles. The van der Waals surface area contributed by atoms with Crippen LogP contribution in [0.15, 0.2) is 49.1 Å². The maximum Gasteiger partial charge on any atom is 0.154 e. The van der Waals surface area contributed by atoms with E-state index < -0.39 is 9.84 Å². The van der Waals surface area contributed by atoms with Crippen LogP contribution in [0.1, 0.15) is 31.7 Å². The van der Waals surface area contributed by atoms with Gasteiger partial charge in [-0.1, -0.05) is 13.8 Å². The van der Waals surface area contributed by atoms with Gasteiger partial charge in [-0.25, -0.2) is 13.4 Å². The summed E-state index contributed by atoms with van der Waals surface area (Å²) in [5.41, 5.74) is 4.61. The summed E-state index contributed by atoms with van der Waals surface area (Å²) in [6.07, 6.45) is 8.38. The molecule has 10 nitrogen and oxygen atoms in total. The third kappa shape index (κ3) is 5.85. The van der Waals surface area contributed by atoms with Crippen LogP contribution in [0.4, 0.5) is 11.6 Å². The lowest BCUT2D eigenvalue weighted by Crippen LogP contribution is -2.40. The molecule has 5 rings (SSSR count). The van der Waals surface area contributed by atoms with Crippen molar-refractivity contribution in [3.8, 4) is 11.1 Å². The van der Waals surface area contributed by atoms with Crippen LogP contribution in [-0.4, -0.2) is 74.4 Å². The molecule has 4 aromatic rings. The second kappa shape index (κ2) is 10.3. The maximum absolute atomic E-state index is 11.6. The highest BCUT2D eigenvalue weighted by Crippen LogP contribution is 2.24. The normalized spacial score (nSPS) is 16.0. The number of hydrogen-bond donors (Lipinski definition) is 1. The van der Waals surface area contributed by atoms with Gasteiger partial charge in [-0.05, 0) is 48.7 Å². The Morgan fingerprint density at radius 3 is 2.61 bits per heavy atom. The van der Waals surface area contributed by atoms with E-state index in [1.165, 1.54) is 0 Å². The van der Waals surface area contributed by atoms with E-state index in [4.69, 9.17) is 4.98 Å². The molecule has 188 valence electrons. The number of nitrogens with one attached hydrogen (secondary N) is 1. The van der Waals surface area contributed by atoms with Crippen LogP contribution in [0.25, 0.3) is 22.2 Å². The number of nitrogens with zero attached hydrogens (tertiary/aromatic N) is 7. The Kier molecular flexibility index (Phi) is 6.92. The van der Waals surface area contributed by atoms with Crippen molar-refractivity contribution in [2.75, 3.05) is 36.5 Å². The third-order valence-electron chi connectivity index (χ3n) is 6.40. The van der Waals surface area contributed by atoms with Crippen molar-refractivity contribution in [1.29, 1.82) is 0 Å². The monoisotopic (exact) mass is 506 g/mol. The highest BCUT2D eigenvalue weighted by Gasteiger charge is 2.20. The zero-order valence-electron chi connectivity index (χ0n) is 20.5. The van der Waals surface area contributed by atoms with E-state index in [-0.39, 0.29) is 11.5 Å². The average molecular weight is 507 g/mol. The highest BCUT2D eigenvalue weighted by molar-refractivity contribution is 7.91.